The third-order valence-electron chi connectivity index (χ3n) is 2.32. The van der Waals surface area contributed by atoms with Crippen LogP contribution >= 0.6 is 22.7 Å². The summed E-state index contributed by atoms with van der Waals surface area (Å²) in [6.07, 6.45) is 6.27. The fourth-order valence-corrected chi connectivity index (χ4v) is 3.45. The number of rotatable bonds is 6. The number of amides is 1. The Morgan fingerprint density at radius 1 is 1.45 bits per heavy atom. The second-order valence-corrected chi connectivity index (χ2v) is 6.39. The molecule has 0 radical (unpaired) electrons. The summed E-state index contributed by atoms with van der Waals surface area (Å²) in [4.78, 5) is 22.9. The molecule has 0 aliphatic rings. The number of nitrogens with one attached hydrogen (secondary N) is 1. The number of aliphatic imine (C=N–C) groups is 1. The number of anilines is 1. The summed E-state index contributed by atoms with van der Waals surface area (Å²) in [6.45, 7) is 5.75. The van der Waals surface area contributed by atoms with Crippen molar-refractivity contribution in [3.05, 3.63) is 45.6 Å². The van der Waals surface area contributed by atoms with E-state index in [9.17, 15) is 4.79 Å². The van der Waals surface area contributed by atoms with E-state index in [1.807, 2.05) is 6.21 Å². The van der Waals surface area contributed by atoms with Crippen LogP contribution in [0.5, 0.6) is 0 Å². The predicted octanol–water partition coefficient (Wildman–Crippen LogP) is 3.36. The molecule has 0 saturated heterocycles. The van der Waals surface area contributed by atoms with Gasteiger partial charge in [0.05, 0.1) is 6.54 Å². The highest BCUT2D eigenvalue weighted by molar-refractivity contribution is 7.16. The Labute approximate surface area is 125 Å². The van der Waals surface area contributed by atoms with Gasteiger partial charge in [-0.3, -0.25) is 9.79 Å². The Morgan fingerprint density at radius 3 is 3.05 bits per heavy atom. The van der Waals surface area contributed by atoms with Crippen LogP contribution in [0.3, 0.4) is 0 Å². The lowest BCUT2D eigenvalue weighted by molar-refractivity contribution is -0.114. The molecule has 0 unspecified atom stereocenters. The van der Waals surface area contributed by atoms with Crippen LogP contribution in [0, 0.1) is 0 Å². The van der Waals surface area contributed by atoms with E-state index in [-0.39, 0.29) is 5.91 Å². The van der Waals surface area contributed by atoms with Crippen LogP contribution in [0.15, 0.2) is 36.0 Å². The Balaban J connectivity index is 1.97. The van der Waals surface area contributed by atoms with Gasteiger partial charge in [0, 0.05) is 40.4 Å². The van der Waals surface area contributed by atoms with Gasteiger partial charge in [-0.1, -0.05) is 6.08 Å². The fraction of sp³-hybridized carbons (Fsp3) is 0.214. The molecular weight excluding hydrogens is 290 g/mol. The SMILES string of the molecule is C=CCN=Cc1ccc(Cc2cnc(NC(C)=O)s2)s1. The summed E-state index contributed by atoms with van der Waals surface area (Å²) in [5.74, 6) is -0.0947. The molecule has 0 saturated carbocycles. The summed E-state index contributed by atoms with van der Waals surface area (Å²) in [6, 6.07) is 4.15. The first-order valence-electron chi connectivity index (χ1n) is 6.09. The first-order chi connectivity index (χ1) is 9.67. The minimum absolute atomic E-state index is 0.0947. The highest BCUT2D eigenvalue weighted by Gasteiger charge is 2.06. The Hall–Kier alpha value is -1.79. The Bertz CT molecular complexity index is 628. The lowest BCUT2D eigenvalue weighted by Gasteiger charge is -1.93. The van der Waals surface area contributed by atoms with Crippen LogP contribution in [-0.4, -0.2) is 23.7 Å². The highest BCUT2D eigenvalue weighted by Crippen LogP contribution is 2.24. The van der Waals surface area contributed by atoms with Crippen molar-refractivity contribution >= 4 is 39.9 Å². The number of aromatic nitrogens is 1. The first kappa shape index (κ1) is 14.6. The monoisotopic (exact) mass is 305 g/mol. The van der Waals surface area contributed by atoms with E-state index in [1.165, 1.54) is 23.1 Å². The molecule has 0 atom stereocenters. The standard InChI is InChI=1S/C14H15N3OS2/c1-3-6-15-8-12-5-4-11(19-12)7-13-9-16-14(20-13)17-10(2)18/h3-5,8-9H,1,6-7H2,2H3,(H,16,17,18). The number of carbonyl (C=O) groups excluding carboxylic acids is 1. The smallest absolute Gasteiger partial charge is 0.223 e. The molecule has 4 nitrogen and oxygen atoms in total. The van der Waals surface area contributed by atoms with Gasteiger partial charge in [0.25, 0.3) is 0 Å². The Morgan fingerprint density at radius 2 is 2.30 bits per heavy atom. The van der Waals surface area contributed by atoms with Gasteiger partial charge in [-0.05, 0) is 12.1 Å². The molecule has 0 bridgehead atoms. The van der Waals surface area contributed by atoms with Crippen LogP contribution in [0.25, 0.3) is 0 Å². The molecule has 1 N–H and O–H groups in total. The number of carbonyl (C=O) groups is 1. The van der Waals surface area contributed by atoms with Crippen molar-refractivity contribution in [1.29, 1.82) is 0 Å². The molecule has 0 aliphatic heterocycles. The number of nitrogens with zero attached hydrogens (tertiary/aromatic N) is 2. The van der Waals surface area contributed by atoms with Gasteiger partial charge in [-0.15, -0.1) is 29.3 Å². The molecule has 2 aromatic rings. The molecule has 6 heteroatoms. The molecule has 2 aromatic heterocycles. The first-order valence-corrected chi connectivity index (χ1v) is 7.72. The van der Waals surface area contributed by atoms with Gasteiger partial charge in [-0.2, -0.15) is 0 Å². The number of hydrogen-bond acceptors (Lipinski definition) is 5. The summed E-state index contributed by atoms with van der Waals surface area (Å²) < 4.78 is 0. The largest absolute Gasteiger partial charge is 0.302 e. The number of hydrogen-bond donors (Lipinski definition) is 1. The molecule has 1 amide bonds. The average Bonchev–Trinajstić information content (AvgIpc) is 3.00. The van der Waals surface area contributed by atoms with E-state index < -0.39 is 0 Å². The molecule has 0 fully saturated rings. The maximum absolute atomic E-state index is 10.9. The molecule has 2 heterocycles. The number of thiophene rings is 1. The lowest BCUT2D eigenvalue weighted by atomic mass is 10.3. The van der Waals surface area contributed by atoms with E-state index in [1.54, 1.807) is 23.6 Å². The minimum Gasteiger partial charge on any atom is -0.302 e. The minimum atomic E-state index is -0.0947. The van der Waals surface area contributed by atoms with Gasteiger partial charge >= 0.3 is 0 Å². The fourth-order valence-electron chi connectivity index (χ4n) is 1.55. The zero-order chi connectivity index (χ0) is 14.4. The highest BCUT2D eigenvalue weighted by atomic mass is 32.1. The second-order valence-electron chi connectivity index (χ2n) is 4.08. The van der Waals surface area contributed by atoms with Crippen LogP contribution in [-0.2, 0) is 11.2 Å². The van der Waals surface area contributed by atoms with Crippen molar-refractivity contribution in [3.63, 3.8) is 0 Å². The number of thiazole rings is 1. The van der Waals surface area contributed by atoms with E-state index >= 15 is 0 Å². The van der Waals surface area contributed by atoms with Crippen LogP contribution in [0.1, 0.15) is 21.6 Å². The van der Waals surface area contributed by atoms with E-state index in [0.29, 0.717) is 11.7 Å². The zero-order valence-electron chi connectivity index (χ0n) is 11.1. The molecule has 0 spiro atoms. The molecular formula is C14H15N3OS2. The van der Waals surface area contributed by atoms with Crippen molar-refractivity contribution in [2.75, 3.05) is 11.9 Å². The van der Waals surface area contributed by atoms with Crippen molar-refractivity contribution in [1.82, 2.24) is 4.98 Å². The van der Waals surface area contributed by atoms with E-state index in [4.69, 9.17) is 0 Å². The molecule has 2 rings (SSSR count). The average molecular weight is 305 g/mol. The third kappa shape index (κ3) is 4.40. The maximum atomic E-state index is 10.9. The van der Waals surface area contributed by atoms with E-state index in [2.05, 4.69) is 34.0 Å². The van der Waals surface area contributed by atoms with Gasteiger partial charge in [0.15, 0.2) is 5.13 Å². The summed E-state index contributed by atoms with van der Waals surface area (Å²) in [5, 5.41) is 3.34. The van der Waals surface area contributed by atoms with Crippen molar-refractivity contribution in [3.8, 4) is 0 Å². The summed E-state index contributed by atoms with van der Waals surface area (Å²) in [5.41, 5.74) is 0. The molecule has 104 valence electrons. The van der Waals surface area contributed by atoms with Gasteiger partial charge in [-0.25, -0.2) is 4.98 Å². The zero-order valence-corrected chi connectivity index (χ0v) is 12.8. The molecule has 20 heavy (non-hydrogen) atoms. The topological polar surface area (TPSA) is 54.4 Å². The van der Waals surface area contributed by atoms with Crippen LogP contribution < -0.4 is 5.32 Å². The van der Waals surface area contributed by atoms with Crippen molar-refractivity contribution in [2.45, 2.75) is 13.3 Å². The van der Waals surface area contributed by atoms with Gasteiger partial charge in [0.2, 0.25) is 5.91 Å². The maximum Gasteiger partial charge on any atom is 0.223 e. The summed E-state index contributed by atoms with van der Waals surface area (Å²) in [7, 11) is 0. The van der Waals surface area contributed by atoms with E-state index in [0.717, 1.165) is 16.2 Å². The van der Waals surface area contributed by atoms with Crippen molar-refractivity contribution < 1.29 is 4.79 Å². The quantitative estimate of drug-likeness (QED) is 0.657. The van der Waals surface area contributed by atoms with Crippen LogP contribution in [0.2, 0.25) is 0 Å². The molecule has 0 aliphatic carbocycles. The van der Waals surface area contributed by atoms with Gasteiger partial charge in [0.1, 0.15) is 0 Å². The van der Waals surface area contributed by atoms with Crippen LogP contribution in [0.4, 0.5) is 5.13 Å². The summed E-state index contributed by atoms with van der Waals surface area (Å²) >= 11 is 3.21. The predicted molar refractivity (Wildman–Crippen MR) is 86.2 cm³/mol. The second kappa shape index (κ2) is 7.12. The Kier molecular flexibility index (Phi) is 5.20. The van der Waals surface area contributed by atoms with Crippen molar-refractivity contribution in [2.24, 2.45) is 4.99 Å². The molecule has 0 aromatic carbocycles. The lowest BCUT2D eigenvalue weighted by Crippen LogP contribution is -2.04. The normalized spacial score (nSPS) is 10.8. The third-order valence-corrected chi connectivity index (χ3v) is 4.25. The van der Waals surface area contributed by atoms with Gasteiger partial charge < -0.3 is 5.32 Å².